The van der Waals surface area contributed by atoms with Crippen LogP contribution in [0.3, 0.4) is 0 Å². The molecule has 2 aromatic carbocycles. The first kappa shape index (κ1) is 24.4. The van der Waals surface area contributed by atoms with Crippen LogP contribution in [0.5, 0.6) is 0 Å². The Kier molecular flexibility index (Phi) is 7.11. The fourth-order valence-electron chi connectivity index (χ4n) is 4.38. The first-order chi connectivity index (χ1) is 16.1. The van der Waals surface area contributed by atoms with Crippen LogP contribution in [-0.2, 0) is 21.9 Å². The van der Waals surface area contributed by atoms with Gasteiger partial charge in [-0.15, -0.1) is 10.2 Å². The van der Waals surface area contributed by atoms with E-state index in [0.717, 1.165) is 26.7 Å². The highest BCUT2D eigenvalue weighted by Crippen LogP contribution is 2.30. The topological polar surface area (TPSA) is 97.2 Å². The lowest BCUT2D eigenvalue weighted by Gasteiger charge is -2.31. The third kappa shape index (κ3) is 5.18. The molecule has 10 heteroatoms. The average molecular weight is 500 g/mol. The summed E-state index contributed by atoms with van der Waals surface area (Å²) in [5.41, 5.74) is 3.29. The molecule has 34 heavy (non-hydrogen) atoms. The normalized spacial score (nSPS) is 15.4. The molecule has 0 unspecified atom stereocenters. The highest BCUT2D eigenvalue weighted by Gasteiger charge is 2.33. The van der Waals surface area contributed by atoms with E-state index in [2.05, 4.69) is 15.5 Å². The van der Waals surface area contributed by atoms with Gasteiger partial charge in [0.25, 0.3) is 0 Å². The Balaban J connectivity index is 1.35. The third-order valence-electron chi connectivity index (χ3n) is 6.03. The maximum atomic E-state index is 13.3. The van der Waals surface area contributed by atoms with Crippen molar-refractivity contribution in [1.82, 2.24) is 19.1 Å². The number of hydrogen-bond donors (Lipinski definition) is 1. The summed E-state index contributed by atoms with van der Waals surface area (Å²) in [6, 6.07) is 11.4. The number of amides is 1. The van der Waals surface area contributed by atoms with Crippen LogP contribution in [0.25, 0.3) is 0 Å². The molecule has 0 bridgehead atoms. The maximum Gasteiger partial charge on any atom is 0.243 e. The second kappa shape index (κ2) is 9.89. The van der Waals surface area contributed by atoms with Gasteiger partial charge in [-0.05, 0) is 80.8 Å². The number of anilines is 1. The fourth-order valence-corrected chi connectivity index (χ4v) is 7.03. The van der Waals surface area contributed by atoms with E-state index in [1.165, 1.54) is 16.1 Å². The molecule has 3 aromatic rings. The molecule has 0 spiro atoms. The van der Waals surface area contributed by atoms with Crippen molar-refractivity contribution in [3.8, 4) is 0 Å². The number of aryl methyl sites for hydroxylation is 4. The smallest absolute Gasteiger partial charge is 0.243 e. The van der Waals surface area contributed by atoms with Crippen molar-refractivity contribution in [3.63, 3.8) is 0 Å². The lowest BCUT2D eigenvalue weighted by atomic mass is 9.97. The molecule has 1 N–H and O–H groups in total. The van der Waals surface area contributed by atoms with Crippen molar-refractivity contribution >= 4 is 33.4 Å². The van der Waals surface area contributed by atoms with E-state index in [9.17, 15) is 13.2 Å². The van der Waals surface area contributed by atoms with Crippen LogP contribution in [0.4, 0.5) is 5.69 Å². The minimum absolute atomic E-state index is 0.0755. The zero-order chi connectivity index (χ0) is 24.5. The highest BCUT2D eigenvalue weighted by atomic mass is 32.2. The first-order valence-corrected chi connectivity index (χ1v) is 13.4. The molecule has 8 nitrogen and oxygen atoms in total. The molecule has 1 aromatic heterocycles. The van der Waals surface area contributed by atoms with E-state index in [-0.39, 0.29) is 11.8 Å². The number of carbonyl (C=O) groups is 1. The number of sulfonamides is 1. The van der Waals surface area contributed by atoms with Gasteiger partial charge in [0.15, 0.2) is 5.16 Å². The summed E-state index contributed by atoms with van der Waals surface area (Å²) in [6.07, 6.45) is 2.64. The molecular weight excluding hydrogens is 470 g/mol. The van der Waals surface area contributed by atoms with Gasteiger partial charge in [-0.2, -0.15) is 4.31 Å². The summed E-state index contributed by atoms with van der Waals surface area (Å²) in [6.45, 7) is 6.31. The Morgan fingerprint density at radius 3 is 2.24 bits per heavy atom. The molecule has 1 fully saturated rings. The van der Waals surface area contributed by atoms with Gasteiger partial charge in [0.05, 0.1) is 4.90 Å². The van der Waals surface area contributed by atoms with Crippen molar-refractivity contribution in [2.75, 3.05) is 18.4 Å². The van der Waals surface area contributed by atoms with Crippen molar-refractivity contribution < 1.29 is 13.2 Å². The molecule has 4 rings (SSSR count). The molecule has 2 heterocycles. The predicted molar refractivity (Wildman–Crippen MR) is 132 cm³/mol. The number of rotatable bonds is 6. The fraction of sp³-hybridized carbons (Fsp3) is 0.375. The zero-order valence-electron chi connectivity index (χ0n) is 19.8. The van der Waals surface area contributed by atoms with E-state index in [1.807, 2.05) is 68.8 Å². The van der Waals surface area contributed by atoms with Crippen molar-refractivity contribution in [2.45, 2.75) is 48.6 Å². The Bertz CT molecular complexity index is 1270. The lowest BCUT2D eigenvalue weighted by molar-refractivity contribution is -0.120. The van der Waals surface area contributed by atoms with Crippen LogP contribution in [0.2, 0.25) is 0 Å². The van der Waals surface area contributed by atoms with Gasteiger partial charge in [-0.25, -0.2) is 8.42 Å². The first-order valence-electron chi connectivity index (χ1n) is 11.2. The Morgan fingerprint density at radius 2 is 1.68 bits per heavy atom. The largest absolute Gasteiger partial charge is 0.326 e. The van der Waals surface area contributed by atoms with Crippen LogP contribution in [-0.4, -0.2) is 46.5 Å². The van der Waals surface area contributed by atoms with Gasteiger partial charge in [0, 0.05) is 36.6 Å². The molecule has 0 radical (unpaired) electrons. The quantitative estimate of drug-likeness (QED) is 0.552. The molecular formula is C24H29N5O3S2. The van der Waals surface area contributed by atoms with Crippen molar-refractivity contribution in [3.05, 3.63) is 59.4 Å². The Morgan fingerprint density at radius 1 is 1.06 bits per heavy atom. The molecule has 180 valence electrons. The Hall–Kier alpha value is -2.69. The summed E-state index contributed by atoms with van der Waals surface area (Å²) < 4.78 is 29.9. The van der Waals surface area contributed by atoms with Gasteiger partial charge in [0.2, 0.25) is 15.9 Å². The number of nitrogens with zero attached hydrogens (tertiary/aromatic N) is 4. The summed E-state index contributed by atoms with van der Waals surface area (Å²) in [4.78, 5) is 14.2. The van der Waals surface area contributed by atoms with Gasteiger partial charge in [-0.3, -0.25) is 4.79 Å². The summed E-state index contributed by atoms with van der Waals surface area (Å²) in [7, 11) is -1.70. The Labute approximate surface area is 204 Å². The van der Waals surface area contributed by atoms with E-state index in [1.54, 1.807) is 6.33 Å². The molecule has 0 saturated carbocycles. The SMILES string of the molecule is Cc1cc(C)c(S(=O)(=O)N2CCC(C(=O)Nc3ccc(Sc4nncn4C)cc3)CC2)c(C)c1. The lowest BCUT2D eigenvalue weighted by Crippen LogP contribution is -2.41. The van der Waals surface area contributed by atoms with E-state index in [4.69, 9.17) is 0 Å². The van der Waals surface area contributed by atoms with Gasteiger partial charge in [0.1, 0.15) is 6.33 Å². The summed E-state index contributed by atoms with van der Waals surface area (Å²) in [5.74, 6) is -0.298. The number of nitrogens with one attached hydrogen (secondary N) is 1. The number of piperidine rings is 1. The van der Waals surface area contributed by atoms with Gasteiger partial charge >= 0.3 is 0 Å². The predicted octanol–water partition coefficient (Wildman–Crippen LogP) is 3.93. The summed E-state index contributed by atoms with van der Waals surface area (Å²) in [5, 5.41) is 11.7. The number of benzene rings is 2. The second-order valence-electron chi connectivity index (χ2n) is 8.75. The highest BCUT2D eigenvalue weighted by molar-refractivity contribution is 7.99. The number of hydrogen-bond acceptors (Lipinski definition) is 6. The standard InChI is InChI=1S/C24H29N5O3S2/c1-16-13-17(2)22(18(3)14-16)34(31,32)29-11-9-19(10-12-29)23(30)26-20-5-7-21(8-6-20)33-24-27-25-15-28(24)4/h5-8,13-15,19H,9-12H2,1-4H3,(H,26,30). The van der Waals surface area contributed by atoms with E-state index >= 15 is 0 Å². The van der Waals surface area contributed by atoms with Crippen LogP contribution in [0, 0.1) is 26.7 Å². The molecule has 0 atom stereocenters. The van der Waals surface area contributed by atoms with Crippen LogP contribution in [0.15, 0.2) is 57.7 Å². The third-order valence-corrected chi connectivity index (χ3v) is 9.29. The maximum absolute atomic E-state index is 13.3. The van der Waals surface area contributed by atoms with Crippen LogP contribution < -0.4 is 5.32 Å². The average Bonchev–Trinajstić information content (AvgIpc) is 3.18. The minimum atomic E-state index is -3.59. The van der Waals surface area contributed by atoms with Crippen LogP contribution in [0.1, 0.15) is 29.5 Å². The molecule has 1 saturated heterocycles. The van der Waals surface area contributed by atoms with Crippen LogP contribution >= 0.6 is 11.8 Å². The summed E-state index contributed by atoms with van der Waals surface area (Å²) >= 11 is 1.49. The van der Waals surface area contributed by atoms with Gasteiger partial charge < -0.3 is 9.88 Å². The second-order valence-corrected chi connectivity index (χ2v) is 11.7. The molecule has 0 aliphatic carbocycles. The monoisotopic (exact) mass is 499 g/mol. The van der Waals surface area contributed by atoms with Crippen molar-refractivity contribution in [1.29, 1.82) is 0 Å². The van der Waals surface area contributed by atoms with Crippen molar-refractivity contribution in [2.24, 2.45) is 13.0 Å². The van der Waals surface area contributed by atoms with E-state index in [0.29, 0.717) is 36.5 Å². The molecule has 1 amide bonds. The molecule has 1 aliphatic heterocycles. The van der Waals surface area contributed by atoms with Gasteiger partial charge in [-0.1, -0.05) is 17.7 Å². The molecule has 1 aliphatic rings. The number of aromatic nitrogens is 3. The van der Waals surface area contributed by atoms with E-state index < -0.39 is 10.0 Å². The zero-order valence-corrected chi connectivity index (χ0v) is 21.4. The minimum Gasteiger partial charge on any atom is -0.326 e. The number of carbonyl (C=O) groups excluding carboxylic acids is 1.